The average molecular weight is 440 g/mol. The van der Waals surface area contributed by atoms with Crippen LogP contribution in [0.25, 0.3) is 11.2 Å². The van der Waals surface area contributed by atoms with Crippen LogP contribution in [0.5, 0.6) is 0 Å². The first-order chi connectivity index (χ1) is 12.9. The fraction of sp³-hybridized carbons (Fsp3) is 0.545. The number of aromatic amines is 1. The maximum absolute atomic E-state index is 11.8. The molecule has 0 spiro atoms. The molecule has 1 fully saturated rings. The number of aliphatic hydroxyl groups excluding tert-OH is 1. The van der Waals surface area contributed by atoms with E-state index >= 15 is 0 Å². The summed E-state index contributed by atoms with van der Waals surface area (Å²) in [4.78, 5) is 49.0. The van der Waals surface area contributed by atoms with E-state index in [0.29, 0.717) is 0 Å². The van der Waals surface area contributed by atoms with Gasteiger partial charge in [-0.2, -0.15) is 4.98 Å². The second-order valence-corrected chi connectivity index (χ2v) is 10.1. The van der Waals surface area contributed by atoms with Gasteiger partial charge in [-0.25, -0.2) is 4.98 Å². The van der Waals surface area contributed by atoms with Crippen molar-refractivity contribution >= 4 is 32.3 Å². The third kappa shape index (κ3) is 4.33. The number of aliphatic hydroxyl groups is 1. The van der Waals surface area contributed by atoms with Gasteiger partial charge in [-0.3, -0.25) is 23.5 Å². The van der Waals surface area contributed by atoms with Crippen LogP contribution in [0.4, 0.5) is 5.95 Å². The maximum Gasteiger partial charge on any atom is 0.340 e. The Kier molecular flexibility index (Phi) is 5.49. The van der Waals surface area contributed by atoms with Crippen LogP contribution in [0.2, 0.25) is 0 Å². The smallest absolute Gasteiger partial charge is 0.340 e. The molecule has 17 heteroatoms. The number of ether oxygens (including phenoxy) is 1. The number of nitrogens with zero attached hydrogens (tertiary/aromatic N) is 3. The lowest BCUT2D eigenvalue weighted by molar-refractivity contribution is -0.0466. The molecule has 0 radical (unpaired) electrons. The molecule has 1 aliphatic rings. The van der Waals surface area contributed by atoms with E-state index in [1.807, 2.05) is 0 Å². The van der Waals surface area contributed by atoms with E-state index in [1.165, 1.54) is 10.9 Å². The molecule has 156 valence electrons. The number of aromatic nitrogens is 4. The second-order valence-electron chi connectivity index (χ2n) is 6.15. The van der Waals surface area contributed by atoms with Crippen molar-refractivity contribution in [2.45, 2.75) is 24.5 Å². The van der Waals surface area contributed by atoms with Gasteiger partial charge < -0.3 is 40.5 Å². The summed E-state index contributed by atoms with van der Waals surface area (Å²) < 4.78 is 34.1. The molecular weight excluding hydrogens is 422 g/mol. The average Bonchev–Trinajstić information content (AvgIpc) is 3.06. The van der Waals surface area contributed by atoms with Gasteiger partial charge in [0.05, 0.1) is 19.0 Å². The lowest BCUT2D eigenvalue weighted by Crippen LogP contribution is -2.41. The molecule has 28 heavy (non-hydrogen) atoms. The molecule has 9 N–H and O–H groups in total. The highest BCUT2D eigenvalue weighted by Gasteiger charge is 2.44. The minimum Gasteiger partial charge on any atom is -0.387 e. The Morgan fingerprint density at radius 3 is 2.68 bits per heavy atom. The predicted molar refractivity (Wildman–Crippen MR) is 93.1 cm³/mol. The molecule has 3 heterocycles. The van der Waals surface area contributed by atoms with Gasteiger partial charge in [0.1, 0.15) is 12.2 Å². The molecule has 2 aromatic rings. The van der Waals surface area contributed by atoms with Crippen molar-refractivity contribution in [2.24, 2.45) is 5.73 Å². The van der Waals surface area contributed by atoms with E-state index in [1.54, 1.807) is 0 Å². The molecule has 3 unspecified atom stereocenters. The van der Waals surface area contributed by atoms with Crippen molar-refractivity contribution < 1.29 is 38.2 Å². The van der Waals surface area contributed by atoms with Crippen molar-refractivity contribution in [3.63, 3.8) is 0 Å². The highest BCUT2D eigenvalue weighted by molar-refractivity contribution is 7.70. The monoisotopic (exact) mass is 440 g/mol. The first-order valence-electron chi connectivity index (χ1n) is 7.70. The molecule has 5 atom stereocenters. The van der Waals surface area contributed by atoms with E-state index in [2.05, 4.69) is 19.5 Å². The van der Waals surface area contributed by atoms with Gasteiger partial charge in [-0.15, -0.1) is 0 Å². The standard InChI is InChI=1S/C11H18N6O9P2/c12-5-4(1-25-28(23,24)3-27(20,21)22)26-10(7(5)18)17-2-14-6-8(17)15-11(13)16-9(6)19/h2,4-5,7,10,18H,1,3,12H2,(H,23,24)(H2,20,21,22)(H3,13,15,16,19)/t4-,5?,7?,10-/m1/s1. The first kappa shape index (κ1) is 21.0. The molecule has 0 aromatic carbocycles. The normalized spacial score (nSPS) is 27.9. The molecule has 0 saturated carbocycles. The van der Waals surface area contributed by atoms with Crippen LogP contribution in [0.15, 0.2) is 11.1 Å². The Bertz CT molecular complexity index is 1030. The summed E-state index contributed by atoms with van der Waals surface area (Å²) in [6, 6.07) is -1.09. The van der Waals surface area contributed by atoms with Gasteiger partial charge in [-0.05, 0) is 0 Å². The minimum absolute atomic E-state index is 0.0217. The summed E-state index contributed by atoms with van der Waals surface area (Å²) >= 11 is 0. The largest absolute Gasteiger partial charge is 0.387 e. The van der Waals surface area contributed by atoms with Gasteiger partial charge >= 0.3 is 15.2 Å². The van der Waals surface area contributed by atoms with Crippen LogP contribution < -0.4 is 17.0 Å². The van der Waals surface area contributed by atoms with Crippen molar-refractivity contribution in [2.75, 3.05) is 18.2 Å². The summed E-state index contributed by atoms with van der Waals surface area (Å²) in [6.07, 6.45) is -2.43. The number of fused-ring (bicyclic) bond motifs is 1. The molecule has 2 aromatic heterocycles. The molecular formula is C11H18N6O9P2. The zero-order chi connectivity index (χ0) is 20.9. The van der Waals surface area contributed by atoms with E-state index < -0.39 is 57.7 Å². The highest BCUT2D eigenvalue weighted by Crippen LogP contribution is 2.55. The van der Waals surface area contributed by atoms with Crippen LogP contribution >= 0.6 is 15.2 Å². The minimum atomic E-state index is -4.79. The molecule has 15 nitrogen and oxygen atoms in total. The lowest BCUT2D eigenvalue weighted by Gasteiger charge is -2.18. The van der Waals surface area contributed by atoms with Crippen molar-refractivity contribution in [3.8, 4) is 0 Å². The third-order valence-corrected chi connectivity index (χ3v) is 7.41. The molecule has 3 rings (SSSR count). The SMILES string of the molecule is Nc1nc2c(ncn2[C@@H]2O[C@H](COP(=O)(O)CP(=O)(O)O)C(N)C2O)c(=O)[nH]1. The summed E-state index contributed by atoms with van der Waals surface area (Å²) in [5, 5.41) is 10.4. The summed E-state index contributed by atoms with van der Waals surface area (Å²) in [5.74, 6) is -1.55. The van der Waals surface area contributed by atoms with Crippen molar-refractivity contribution in [1.82, 2.24) is 19.5 Å². The first-order valence-corrected chi connectivity index (χ1v) is 11.3. The van der Waals surface area contributed by atoms with Crippen LogP contribution in [-0.4, -0.2) is 70.1 Å². The van der Waals surface area contributed by atoms with Crippen LogP contribution in [0.3, 0.4) is 0 Å². The highest BCUT2D eigenvalue weighted by atomic mass is 31.2. The fourth-order valence-electron chi connectivity index (χ4n) is 2.73. The number of nitrogens with one attached hydrogen (secondary N) is 1. The molecule has 0 aliphatic carbocycles. The van der Waals surface area contributed by atoms with E-state index in [0.717, 1.165) is 0 Å². The molecule has 0 amide bonds. The molecule has 1 aliphatic heterocycles. The number of anilines is 1. The molecule has 1 saturated heterocycles. The maximum atomic E-state index is 11.8. The summed E-state index contributed by atoms with van der Waals surface area (Å²) in [7, 11) is -9.41. The number of nitrogen functional groups attached to an aromatic ring is 1. The Labute approximate surface area is 156 Å². The predicted octanol–water partition coefficient (Wildman–Crippen LogP) is -2.38. The Morgan fingerprint density at radius 2 is 2.04 bits per heavy atom. The fourth-order valence-corrected chi connectivity index (χ4v) is 5.30. The molecule has 0 bridgehead atoms. The summed E-state index contributed by atoms with van der Waals surface area (Å²) in [5.41, 5.74) is 10.7. The number of imidazole rings is 1. The second kappa shape index (κ2) is 7.30. The van der Waals surface area contributed by atoms with Gasteiger partial charge in [0.15, 0.2) is 23.3 Å². The topological polar surface area (TPSA) is 249 Å². The Balaban J connectivity index is 1.79. The van der Waals surface area contributed by atoms with Crippen molar-refractivity contribution in [3.05, 3.63) is 16.7 Å². The zero-order valence-corrected chi connectivity index (χ0v) is 15.8. The van der Waals surface area contributed by atoms with Crippen molar-refractivity contribution in [1.29, 1.82) is 0 Å². The van der Waals surface area contributed by atoms with Gasteiger partial charge in [0, 0.05) is 0 Å². The Morgan fingerprint density at radius 1 is 1.36 bits per heavy atom. The zero-order valence-electron chi connectivity index (χ0n) is 14.0. The lowest BCUT2D eigenvalue weighted by atomic mass is 10.1. The van der Waals surface area contributed by atoms with Gasteiger partial charge in [-0.1, -0.05) is 0 Å². The third-order valence-electron chi connectivity index (χ3n) is 3.96. The summed E-state index contributed by atoms with van der Waals surface area (Å²) in [6.45, 7) is -0.620. The van der Waals surface area contributed by atoms with Crippen LogP contribution in [-0.2, 0) is 18.4 Å². The van der Waals surface area contributed by atoms with Crippen LogP contribution in [0.1, 0.15) is 6.23 Å². The number of hydrogen-bond donors (Lipinski definition) is 7. The van der Waals surface area contributed by atoms with E-state index in [4.69, 9.17) is 26.0 Å². The van der Waals surface area contributed by atoms with Gasteiger partial charge in [0.2, 0.25) is 5.95 Å². The number of H-pyrrole nitrogens is 1. The van der Waals surface area contributed by atoms with Crippen LogP contribution in [0, 0.1) is 0 Å². The van der Waals surface area contributed by atoms with E-state index in [-0.39, 0.29) is 17.1 Å². The number of nitrogens with two attached hydrogens (primary N) is 2. The quantitative estimate of drug-likeness (QED) is 0.232. The number of rotatable bonds is 6. The Hall–Kier alpha value is -1.67. The van der Waals surface area contributed by atoms with E-state index in [9.17, 15) is 23.9 Å². The number of hydrogen-bond acceptors (Lipinski definition) is 10. The van der Waals surface area contributed by atoms with Gasteiger partial charge in [0.25, 0.3) is 5.56 Å².